The summed E-state index contributed by atoms with van der Waals surface area (Å²) in [6.45, 7) is 2.69. The molecule has 2 heterocycles. The molecule has 0 saturated heterocycles. The van der Waals surface area contributed by atoms with E-state index in [-0.39, 0.29) is 23.9 Å². The molecule has 3 N–H and O–H groups in total. The molecule has 1 aromatic carbocycles. The van der Waals surface area contributed by atoms with Crippen LogP contribution in [0.1, 0.15) is 57.1 Å². The zero-order valence-corrected chi connectivity index (χ0v) is 15.7. The number of carbonyl (C=O) groups excluding carboxylic acids is 1. The van der Waals surface area contributed by atoms with Gasteiger partial charge >= 0.3 is 6.03 Å². The predicted molar refractivity (Wildman–Crippen MR) is 104 cm³/mol. The highest BCUT2D eigenvalue weighted by Crippen LogP contribution is 2.35. The molecule has 0 unspecified atom stereocenters. The van der Waals surface area contributed by atoms with E-state index in [2.05, 4.69) is 10.6 Å². The molecule has 3 aliphatic rings. The summed E-state index contributed by atoms with van der Waals surface area (Å²) in [6, 6.07) is 6.36. The van der Waals surface area contributed by atoms with Crippen molar-refractivity contribution in [2.75, 3.05) is 6.54 Å². The van der Waals surface area contributed by atoms with Crippen LogP contribution in [0.15, 0.2) is 40.5 Å². The van der Waals surface area contributed by atoms with Crippen molar-refractivity contribution in [3.8, 4) is 5.75 Å². The first kappa shape index (κ1) is 17.9. The molecule has 27 heavy (non-hydrogen) atoms. The second-order valence-electron chi connectivity index (χ2n) is 7.57. The van der Waals surface area contributed by atoms with Gasteiger partial charge in [0.2, 0.25) is 5.90 Å². The fourth-order valence-electron chi connectivity index (χ4n) is 4.39. The van der Waals surface area contributed by atoms with E-state index in [0.29, 0.717) is 24.8 Å². The predicted octanol–water partition coefficient (Wildman–Crippen LogP) is 3.79. The van der Waals surface area contributed by atoms with Crippen molar-refractivity contribution >= 4 is 11.9 Å². The Morgan fingerprint density at radius 2 is 2.07 bits per heavy atom. The second-order valence-corrected chi connectivity index (χ2v) is 7.57. The number of nitrogens with one attached hydrogen (secondary N) is 2. The third kappa shape index (κ3) is 3.66. The number of phenols is 1. The third-order valence-corrected chi connectivity index (χ3v) is 5.79. The average molecular weight is 369 g/mol. The molecule has 6 nitrogen and oxygen atoms in total. The van der Waals surface area contributed by atoms with Gasteiger partial charge in [-0.15, -0.1) is 0 Å². The van der Waals surface area contributed by atoms with Crippen LogP contribution >= 0.6 is 0 Å². The van der Waals surface area contributed by atoms with Crippen molar-refractivity contribution < 1.29 is 14.6 Å². The van der Waals surface area contributed by atoms with E-state index in [1.807, 2.05) is 13.0 Å². The number of amides is 2. The van der Waals surface area contributed by atoms with E-state index in [9.17, 15) is 9.90 Å². The van der Waals surface area contributed by atoms with Crippen LogP contribution in [0.4, 0.5) is 4.79 Å². The van der Waals surface area contributed by atoms with Gasteiger partial charge in [-0.25, -0.2) is 9.79 Å². The fourth-order valence-corrected chi connectivity index (χ4v) is 4.39. The van der Waals surface area contributed by atoms with Gasteiger partial charge in [0.25, 0.3) is 0 Å². The molecule has 6 heteroatoms. The third-order valence-electron chi connectivity index (χ3n) is 5.79. The van der Waals surface area contributed by atoms with Crippen LogP contribution in [0, 0.1) is 5.92 Å². The van der Waals surface area contributed by atoms with Gasteiger partial charge in [-0.2, -0.15) is 0 Å². The largest absolute Gasteiger partial charge is 0.508 e. The van der Waals surface area contributed by atoms with Gasteiger partial charge in [0.1, 0.15) is 11.9 Å². The molecule has 0 radical (unpaired) electrons. The molecule has 0 bridgehead atoms. The second kappa shape index (κ2) is 7.62. The number of rotatable bonds is 4. The smallest absolute Gasteiger partial charge is 0.319 e. The minimum absolute atomic E-state index is 0.133. The Morgan fingerprint density at radius 1 is 1.26 bits per heavy atom. The van der Waals surface area contributed by atoms with Gasteiger partial charge in [-0.3, -0.25) is 0 Å². The highest BCUT2D eigenvalue weighted by Gasteiger charge is 2.37. The van der Waals surface area contributed by atoms with Gasteiger partial charge in [0.15, 0.2) is 0 Å². The van der Waals surface area contributed by atoms with Crippen LogP contribution in [-0.2, 0) is 4.74 Å². The van der Waals surface area contributed by atoms with E-state index in [4.69, 9.17) is 9.73 Å². The number of nitrogens with zero attached hydrogens (tertiary/aromatic N) is 1. The van der Waals surface area contributed by atoms with Crippen molar-refractivity contribution in [2.24, 2.45) is 10.9 Å². The Labute approximate surface area is 159 Å². The lowest BCUT2D eigenvalue weighted by Gasteiger charge is -2.31. The van der Waals surface area contributed by atoms with Gasteiger partial charge < -0.3 is 20.5 Å². The minimum Gasteiger partial charge on any atom is -0.508 e. The number of hydrogen-bond donors (Lipinski definition) is 3. The normalized spacial score (nSPS) is 26.3. The highest BCUT2D eigenvalue weighted by molar-refractivity contribution is 5.99. The van der Waals surface area contributed by atoms with Crippen molar-refractivity contribution in [1.29, 1.82) is 0 Å². The minimum atomic E-state index is -0.385. The topological polar surface area (TPSA) is 83.0 Å². The summed E-state index contributed by atoms with van der Waals surface area (Å²) < 4.78 is 6.33. The summed E-state index contributed by atoms with van der Waals surface area (Å²) in [5.74, 6) is 1.37. The molecule has 1 aliphatic carbocycles. The van der Waals surface area contributed by atoms with Crippen molar-refractivity contribution in [3.63, 3.8) is 0 Å². The first-order valence-corrected chi connectivity index (χ1v) is 9.96. The number of allylic oxidation sites excluding steroid dienone is 1. The molecule has 4 rings (SSSR count). The zero-order chi connectivity index (χ0) is 18.8. The Morgan fingerprint density at radius 3 is 2.81 bits per heavy atom. The van der Waals surface area contributed by atoms with Crippen LogP contribution in [0.2, 0.25) is 0 Å². The molecule has 2 amide bonds. The molecule has 1 saturated carbocycles. The molecule has 144 valence electrons. The molecular formula is C21H27N3O3. The number of benzene rings is 1. The highest BCUT2D eigenvalue weighted by atomic mass is 16.5. The van der Waals surface area contributed by atoms with Crippen LogP contribution in [-0.4, -0.2) is 29.7 Å². The van der Waals surface area contributed by atoms with Gasteiger partial charge in [-0.1, -0.05) is 38.3 Å². The van der Waals surface area contributed by atoms with E-state index in [0.717, 1.165) is 16.8 Å². The summed E-state index contributed by atoms with van der Waals surface area (Å²) >= 11 is 0. The van der Waals surface area contributed by atoms with Gasteiger partial charge in [0.05, 0.1) is 18.2 Å². The standard InChI is InChI=1S/C21H27N3O3/c1-2-16-18(20-22-12-17(27-20)13-7-4-3-5-8-13)19(24-21(26)23-16)14-9-6-10-15(25)11-14/h6,9-11,13,17,19,25H,2-5,7-8,12H2,1H3,(H2,23,24,26)/t17-,19+/m1/s1. The first-order valence-electron chi connectivity index (χ1n) is 9.96. The molecule has 2 aliphatic heterocycles. The van der Waals surface area contributed by atoms with E-state index < -0.39 is 0 Å². The molecule has 2 atom stereocenters. The van der Waals surface area contributed by atoms with Gasteiger partial charge in [0, 0.05) is 5.70 Å². The van der Waals surface area contributed by atoms with Gasteiger partial charge in [-0.05, 0) is 42.9 Å². The Bertz CT molecular complexity index is 781. The van der Waals surface area contributed by atoms with Crippen molar-refractivity contribution in [3.05, 3.63) is 41.1 Å². The van der Waals surface area contributed by atoms with E-state index >= 15 is 0 Å². The summed E-state index contributed by atoms with van der Waals surface area (Å²) in [4.78, 5) is 16.9. The first-order chi connectivity index (χ1) is 13.2. The number of aliphatic imine (C=N–C) groups is 1. The number of aromatic hydroxyl groups is 1. The molecule has 0 spiro atoms. The van der Waals surface area contributed by atoms with Crippen LogP contribution in [0.5, 0.6) is 5.75 Å². The summed E-state index contributed by atoms with van der Waals surface area (Å²) in [5.41, 5.74) is 2.52. The lowest BCUT2D eigenvalue weighted by molar-refractivity contribution is 0.122. The number of urea groups is 1. The Balaban J connectivity index is 1.63. The quantitative estimate of drug-likeness (QED) is 0.755. The molecular weight excluding hydrogens is 342 g/mol. The number of phenolic OH excluding ortho intramolecular Hbond substituents is 1. The number of hydrogen-bond acceptors (Lipinski definition) is 4. The van der Waals surface area contributed by atoms with Crippen molar-refractivity contribution in [1.82, 2.24) is 10.6 Å². The van der Waals surface area contributed by atoms with E-state index in [1.165, 1.54) is 32.1 Å². The summed E-state index contributed by atoms with van der Waals surface area (Å²) in [7, 11) is 0. The number of carbonyl (C=O) groups is 1. The average Bonchev–Trinajstić information content (AvgIpc) is 3.17. The maximum atomic E-state index is 12.2. The van der Waals surface area contributed by atoms with Crippen LogP contribution < -0.4 is 10.6 Å². The monoisotopic (exact) mass is 369 g/mol. The molecule has 1 aromatic rings. The summed E-state index contributed by atoms with van der Waals surface area (Å²) in [5, 5.41) is 15.8. The maximum Gasteiger partial charge on any atom is 0.319 e. The lowest BCUT2D eigenvalue weighted by Crippen LogP contribution is -2.45. The van der Waals surface area contributed by atoms with E-state index in [1.54, 1.807) is 18.2 Å². The number of ether oxygens (including phenoxy) is 1. The fraction of sp³-hybridized carbons (Fsp3) is 0.524. The Kier molecular flexibility index (Phi) is 5.05. The zero-order valence-electron chi connectivity index (χ0n) is 15.7. The van der Waals surface area contributed by atoms with Crippen molar-refractivity contribution in [2.45, 2.75) is 57.6 Å². The Hall–Kier alpha value is -2.50. The SMILES string of the molecule is CCC1=C(C2=NC[C@H](C3CCCCC3)O2)[C@H](c2cccc(O)c2)NC(=O)N1. The molecule has 0 aromatic heterocycles. The van der Waals surface area contributed by atoms with Crippen LogP contribution in [0.3, 0.4) is 0 Å². The summed E-state index contributed by atoms with van der Waals surface area (Å²) in [6.07, 6.45) is 7.08. The molecule has 1 fully saturated rings. The lowest BCUT2D eigenvalue weighted by atomic mass is 9.85. The maximum absolute atomic E-state index is 12.2. The van der Waals surface area contributed by atoms with Crippen LogP contribution in [0.25, 0.3) is 0 Å².